The van der Waals surface area contributed by atoms with E-state index in [2.05, 4.69) is 26.2 Å². The van der Waals surface area contributed by atoms with Crippen molar-refractivity contribution in [1.29, 1.82) is 0 Å². The van der Waals surface area contributed by atoms with Gasteiger partial charge in [-0.15, -0.1) is 0 Å². The monoisotopic (exact) mass is 326 g/mol. The van der Waals surface area contributed by atoms with Gasteiger partial charge >= 0.3 is 0 Å². The number of halogens is 1. The number of amides is 1. The molecule has 2 N–H and O–H groups in total. The average Bonchev–Trinajstić information content (AvgIpc) is 2.39. The van der Waals surface area contributed by atoms with E-state index in [0.29, 0.717) is 16.2 Å². The minimum absolute atomic E-state index is 0.139. The number of nitrogens with one attached hydrogen (secondary N) is 1. The fourth-order valence-corrected chi connectivity index (χ4v) is 3.01. The summed E-state index contributed by atoms with van der Waals surface area (Å²) in [5.74, 6) is 1.10. The van der Waals surface area contributed by atoms with E-state index in [1.165, 1.54) is 0 Å². The van der Waals surface area contributed by atoms with Gasteiger partial charge in [-0.1, -0.05) is 0 Å². The summed E-state index contributed by atoms with van der Waals surface area (Å²) in [7, 11) is 0. The Labute approximate surface area is 119 Å². The van der Waals surface area contributed by atoms with Gasteiger partial charge in [-0.3, -0.25) is 4.79 Å². The first-order valence-corrected chi connectivity index (χ1v) is 7.25. The molecule has 0 saturated heterocycles. The highest BCUT2D eigenvalue weighted by molar-refractivity contribution is 9.10. The number of carbonyl (C=O) groups is 1. The number of hydrogen-bond donors (Lipinski definition) is 2. The van der Waals surface area contributed by atoms with Crippen molar-refractivity contribution in [1.82, 2.24) is 4.98 Å². The van der Waals surface area contributed by atoms with Crippen LogP contribution in [-0.4, -0.2) is 28.2 Å². The van der Waals surface area contributed by atoms with Crippen LogP contribution in [0.2, 0.25) is 0 Å². The van der Waals surface area contributed by atoms with Gasteiger partial charge in [-0.25, -0.2) is 4.98 Å². The molecule has 0 aromatic carbocycles. The van der Waals surface area contributed by atoms with Gasteiger partial charge in [-0.05, 0) is 53.7 Å². The topological polar surface area (TPSA) is 71.5 Å². The zero-order valence-electron chi connectivity index (χ0n) is 10.3. The van der Waals surface area contributed by atoms with Crippen LogP contribution >= 0.6 is 15.9 Å². The lowest BCUT2D eigenvalue weighted by molar-refractivity contribution is -0.127. The predicted octanol–water partition coefficient (Wildman–Crippen LogP) is 2.09. The smallest absolute Gasteiger partial charge is 0.266 e. The van der Waals surface area contributed by atoms with Crippen LogP contribution in [0.25, 0.3) is 0 Å². The average molecular weight is 327 g/mol. The largest absolute Gasteiger partial charge is 0.476 e. The third-order valence-corrected chi connectivity index (χ3v) is 4.19. The third kappa shape index (κ3) is 2.60. The van der Waals surface area contributed by atoms with E-state index in [-0.39, 0.29) is 17.9 Å². The zero-order valence-corrected chi connectivity index (χ0v) is 11.9. The van der Waals surface area contributed by atoms with Gasteiger partial charge in [0.25, 0.3) is 5.91 Å². The first-order valence-electron chi connectivity index (χ1n) is 6.45. The van der Waals surface area contributed by atoms with Crippen LogP contribution in [0.4, 0.5) is 5.82 Å². The number of aliphatic hydroxyl groups excluding tert-OH is 1. The standard InChI is InChI=1S/C13H15BrN2O3/c14-10-6-5-9-12(15-10)16-13(18)11(19-9)7-1-3-8(17)4-2-7/h5-8,11,17H,1-4H2,(H,15,16,18). The maximum Gasteiger partial charge on any atom is 0.266 e. The summed E-state index contributed by atoms with van der Waals surface area (Å²) in [6.07, 6.45) is 2.42. The molecular formula is C13H15BrN2O3. The Morgan fingerprint density at radius 3 is 2.79 bits per heavy atom. The number of nitrogens with zero attached hydrogens (tertiary/aromatic N) is 1. The van der Waals surface area contributed by atoms with Crippen LogP contribution in [-0.2, 0) is 4.79 Å². The van der Waals surface area contributed by atoms with Crippen molar-refractivity contribution in [3.05, 3.63) is 16.7 Å². The van der Waals surface area contributed by atoms with Gasteiger partial charge < -0.3 is 15.2 Å². The lowest BCUT2D eigenvalue weighted by Gasteiger charge is -2.34. The number of aromatic nitrogens is 1. The zero-order chi connectivity index (χ0) is 13.4. The summed E-state index contributed by atoms with van der Waals surface area (Å²) in [5.41, 5.74) is 0. The van der Waals surface area contributed by atoms with Crippen LogP contribution < -0.4 is 10.1 Å². The number of anilines is 1. The lowest BCUT2D eigenvalue weighted by atomic mass is 9.83. The first-order chi connectivity index (χ1) is 9.13. The second kappa shape index (κ2) is 5.09. The summed E-state index contributed by atoms with van der Waals surface area (Å²) in [6, 6.07) is 3.59. The highest BCUT2D eigenvalue weighted by atomic mass is 79.9. The highest BCUT2D eigenvalue weighted by Crippen LogP contribution is 2.35. The number of ether oxygens (including phenoxy) is 1. The van der Waals surface area contributed by atoms with Crippen molar-refractivity contribution < 1.29 is 14.6 Å². The van der Waals surface area contributed by atoms with Gasteiger partial charge in [0, 0.05) is 5.92 Å². The molecule has 1 fully saturated rings. The molecule has 1 aliphatic carbocycles. The Kier molecular flexibility index (Phi) is 3.45. The molecule has 1 aromatic heterocycles. The SMILES string of the molecule is O=C1Nc2nc(Br)ccc2OC1C1CCC(O)CC1. The predicted molar refractivity (Wildman–Crippen MR) is 72.9 cm³/mol. The molecule has 2 aliphatic rings. The van der Waals surface area contributed by atoms with E-state index < -0.39 is 6.10 Å². The van der Waals surface area contributed by atoms with Gasteiger partial charge in [0.05, 0.1) is 6.10 Å². The molecule has 5 nitrogen and oxygen atoms in total. The number of rotatable bonds is 1. The normalized spacial score (nSPS) is 30.2. The summed E-state index contributed by atoms with van der Waals surface area (Å²) >= 11 is 3.26. The van der Waals surface area contributed by atoms with Crippen LogP contribution in [0.3, 0.4) is 0 Å². The molecule has 1 aromatic rings. The second-order valence-corrected chi connectivity index (χ2v) is 5.89. The van der Waals surface area contributed by atoms with E-state index in [9.17, 15) is 9.90 Å². The molecule has 1 atom stereocenters. The number of pyridine rings is 1. The molecule has 1 unspecified atom stereocenters. The molecule has 1 saturated carbocycles. The number of fused-ring (bicyclic) bond motifs is 1. The molecule has 1 amide bonds. The van der Waals surface area contributed by atoms with Gasteiger partial charge in [0.2, 0.25) is 0 Å². The molecule has 3 rings (SSSR count). The fourth-order valence-electron chi connectivity index (χ4n) is 2.70. The molecular weight excluding hydrogens is 312 g/mol. The summed E-state index contributed by atoms with van der Waals surface area (Å²) in [4.78, 5) is 16.3. The maximum atomic E-state index is 12.1. The molecule has 0 spiro atoms. The van der Waals surface area contributed by atoms with E-state index in [1.807, 2.05) is 0 Å². The van der Waals surface area contributed by atoms with Crippen molar-refractivity contribution >= 4 is 27.7 Å². The number of hydrogen-bond acceptors (Lipinski definition) is 4. The molecule has 102 valence electrons. The first kappa shape index (κ1) is 12.9. The molecule has 0 radical (unpaired) electrons. The van der Waals surface area contributed by atoms with Crippen molar-refractivity contribution in [3.63, 3.8) is 0 Å². The summed E-state index contributed by atoms with van der Waals surface area (Å²) < 4.78 is 6.46. The van der Waals surface area contributed by atoms with Crippen molar-refractivity contribution in [2.45, 2.75) is 37.9 Å². The summed E-state index contributed by atoms with van der Waals surface area (Å²) in [5, 5.41) is 12.3. The van der Waals surface area contributed by atoms with E-state index in [0.717, 1.165) is 25.7 Å². The molecule has 0 bridgehead atoms. The fraction of sp³-hybridized carbons (Fsp3) is 0.538. The molecule has 6 heteroatoms. The number of carbonyl (C=O) groups excluding carboxylic acids is 1. The quantitative estimate of drug-likeness (QED) is 0.775. The van der Waals surface area contributed by atoms with Gasteiger partial charge in [0.15, 0.2) is 17.7 Å². The van der Waals surface area contributed by atoms with Crippen molar-refractivity contribution in [2.24, 2.45) is 5.92 Å². The summed E-state index contributed by atoms with van der Waals surface area (Å²) in [6.45, 7) is 0. The Hall–Kier alpha value is -1.14. The maximum absolute atomic E-state index is 12.1. The van der Waals surface area contributed by atoms with Crippen LogP contribution in [0, 0.1) is 5.92 Å². The van der Waals surface area contributed by atoms with Crippen molar-refractivity contribution in [2.75, 3.05) is 5.32 Å². The van der Waals surface area contributed by atoms with E-state index in [1.54, 1.807) is 12.1 Å². The van der Waals surface area contributed by atoms with Crippen LogP contribution in [0.15, 0.2) is 16.7 Å². The Bertz CT molecular complexity index is 501. The van der Waals surface area contributed by atoms with Crippen LogP contribution in [0.1, 0.15) is 25.7 Å². The van der Waals surface area contributed by atoms with Crippen LogP contribution in [0.5, 0.6) is 5.75 Å². The second-order valence-electron chi connectivity index (χ2n) is 5.08. The highest BCUT2D eigenvalue weighted by Gasteiger charge is 2.37. The lowest BCUT2D eigenvalue weighted by Crippen LogP contribution is -2.44. The minimum Gasteiger partial charge on any atom is -0.476 e. The van der Waals surface area contributed by atoms with Gasteiger partial charge in [0.1, 0.15) is 4.60 Å². The van der Waals surface area contributed by atoms with Gasteiger partial charge in [-0.2, -0.15) is 0 Å². The Morgan fingerprint density at radius 1 is 1.32 bits per heavy atom. The minimum atomic E-state index is -0.469. The Morgan fingerprint density at radius 2 is 2.05 bits per heavy atom. The molecule has 2 heterocycles. The van der Waals surface area contributed by atoms with E-state index >= 15 is 0 Å². The van der Waals surface area contributed by atoms with Crippen molar-refractivity contribution in [3.8, 4) is 5.75 Å². The number of aliphatic hydroxyl groups is 1. The molecule has 19 heavy (non-hydrogen) atoms. The Balaban J connectivity index is 1.78. The third-order valence-electron chi connectivity index (χ3n) is 3.75. The van der Waals surface area contributed by atoms with E-state index in [4.69, 9.17) is 4.74 Å². The molecule has 1 aliphatic heterocycles.